The van der Waals surface area contributed by atoms with Crippen LogP contribution >= 0.6 is 11.3 Å². The Bertz CT molecular complexity index is 802. The second kappa shape index (κ2) is 7.22. The maximum atomic E-state index is 12.4. The Morgan fingerprint density at radius 3 is 2.96 bits per heavy atom. The van der Waals surface area contributed by atoms with Gasteiger partial charge in [-0.15, -0.1) is 16.4 Å². The summed E-state index contributed by atoms with van der Waals surface area (Å²) in [5.74, 6) is 0.715. The third kappa shape index (κ3) is 3.43. The number of thiophene rings is 1. The van der Waals surface area contributed by atoms with E-state index < -0.39 is 0 Å². The van der Waals surface area contributed by atoms with Crippen molar-refractivity contribution in [2.75, 3.05) is 13.7 Å². The number of methoxy groups -OCH3 is 1. The van der Waals surface area contributed by atoms with Gasteiger partial charge in [0.2, 0.25) is 0 Å². The first kappa shape index (κ1) is 16.1. The Hall–Kier alpha value is -2.74. The van der Waals surface area contributed by atoms with Gasteiger partial charge in [-0.2, -0.15) is 4.68 Å². The average molecular weight is 343 g/mol. The largest absolute Gasteiger partial charge is 0.494 e. The summed E-state index contributed by atoms with van der Waals surface area (Å²) >= 11 is 1.69. The van der Waals surface area contributed by atoms with Crippen molar-refractivity contribution in [2.24, 2.45) is 0 Å². The molecular formula is C16H17N5O2S. The van der Waals surface area contributed by atoms with Gasteiger partial charge < -0.3 is 10.1 Å². The number of ether oxygens (including phenoxy) is 1. The summed E-state index contributed by atoms with van der Waals surface area (Å²) in [6.07, 6.45) is 1.46. The van der Waals surface area contributed by atoms with E-state index in [0.717, 1.165) is 0 Å². The number of hydrogen-bond donors (Lipinski definition) is 1. The molecular weight excluding hydrogens is 326 g/mol. The van der Waals surface area contributed by atoms with Gasteiger partial charge in [0.15, 0.2) is 0 Å². The SMILES string of the molecule is COc1ccc(C(=O)NCC(C)c2cccs2)cc1-n1cnnn1. The molecule has 0 fully saturated rings. The maximum absolute atomic E-state index is 12.4. The van der Waals surface area contributed by atoms with Crippen LogP contribution in [0.3, 0.4) is 0 Å². The van der Waals surface area contributed by atoms with Gasteiger partial charge >= 0.3 is 0 Å². The molecule has 3 rings (SSSR count). The molecule has 0 aliphatic rings. The molecule has 24 heavy (non-hydrogen) atoms. The summed E-state index contributed by atoms with van der Waals surface area (Å²) in [6.45, 7) is 2.66. The number of benzene rings is 1. The number of amides is 1. The highest BCUT2D eigenvalue weighted by Crippen LogP contribution is 2.23. The molecule has 0 saturated carbocycles. The third-order valence-corrected chi connectivity index (χ3v) is 4.74. The lowest BCUT2D eigenvalue weighted by Crippen LogP contribution is -2.27. The molecule has 2 heterocycles. The standard InChI is InChI=1S/C16H17N5O2S/c1-11(15-4-3-7-24-15)9-17-16(22)12-5-6-14(23-2)13(8-12)21-10-18-19-20-21/h3-8,10-11H,9H2,1-2H3,(H,17,22). The second-order valence-corrected chi connectivity index (χ2v) is 6.25. The minimum atomic E-state index is -0.143. The number of nitrogens with zero attached hydrogens (tertiary/aromatic N) is 4. The minimum absolute atomic E-state index is 0.143. The first-order valence-corrected chi connectivity index (χ1v) is 8.30. The van der Waals surface area contributed by atoms with E-state index in [1.807, 2.05) is 11.4 Å². The summed E-state index contributed by atoms with van der Waals surface area (Å²) in [5, 5.41) is 16.1. The molecule has 8 heteroatoms. The molecule has 0 aliphatic carbocycles. The minimum Gasteiger partial charge on any atom is -0.494 e. The lowest BCUT2D eigenvalue weighted by atomic mass is 10.1. The molecule has 0 spiro atoms. The number of tetrazole rings is 1. The summed E-state index contributed by atoms with van der Waals surface area (Å²) in [7, 11) is 1.56. The Balaban J connectivity index is 1.74. The van der Waals surface area contributed by atoms with E-state index in [2.05, 4.69) is 33.8 Å². The number of rotatable bonds is 6. The second-order valence-electron chi connectivity index (χ2n) is 5.27. The van der Waals surface area contributed by atoms with Crippen molar-refractivity contribution >= 4 is 17.2 Å². The van der Waals surface area contributed by atoms with Crippen molar-refractivity contribution < 1.29 is 9.53 Å². The molecule has 1 unspecified atom stereocenters. The lowest BCUT2D eigenvalue weighted by molar-refractivity contribution is 0.0951. The predicted molar refractivity (Wildman–Crippen MR) is 90.8 cm³/mol. The highest BCUT2D eigenvalue weighted by molar-refractivity contribution is 7.10. The van der Waals surface area contributed by atoms with Gasteiger partial charge in [-0.1, -0.05) is 13.0 Å². The summed E-state index contributed by atoms with van der Waals surface area (Å²) in [4.78, 5) is 13.7. The van der Waals surface area contributed by atoms with E-state index in [4.69, 9.17) is 4.74 Å². The molecule has 0 aliphatic heterocycles. The van der Waals surface area contributed by atoms with Gasteiger partial charge in [-0.05, 0) is 40.1 Å². The highest BCUT2D eigenvalue weighted by atomic mass is 32.1. The molecule has 7 nitrogen and oxygen atoms in total. The van der Waals surface area contributed by atoms with Crippen molar-refractivity contribution in [1.29, 1.82) is 0 Å². The van der Waals surface area contributed by atoms with Gasteiger partial charge in [0.1, 0.15) is 17.8 Å². The van der Waals surface area contributed by atoms with Crippen molar-refractivity contribution in [3.05, 3.63) is 52.5 Å². The van der Waals surface area contributed by atoms with E-state index in [1.165, 1.54) is 15.9 Å². The zero-order chi connectivity index (χ0) is 16.9. The molecule has 2 aromatic heterocycles. The molecule has 1 N–H and O–H groups in total. The monoisotopic (exact) mass is 343 g/mol. The van der Waals surface area contributed by atoms with Gasteiger partial charge in [-0.25, -0.2) is 0 Å². The fraction of sp³-hybridized carbons (Fsp3) is 0.250. The van der Waals surface area contributed by atoms with Gasteiger partial charge in [0, 0.05) is 22.9 Å². The van der Waals surface area contributed by atoms with Crippen LogP contribution in [0, 0.1) is 0 Å². The Morgan fingerprint density at radius 1 is 1.42 bits per heavy atom. The third-order valence-electron chi connectivity index (χ3n) is 3.63. The van der Waals surface area contributed by atoms with Crippen LogP contribution in [0.15, 0.2) is 42.0 Å². The molecule has 0 bridgehead atoms. The predicted octanol–water partition coefficient (Wildman–Crippen LogP) is 2.27. The average Bonchev–Trinajstić information content (AvgIpc) is 3.32. The Morgan fingerprint density at radius 2 is 2.29 bits per heavy atom. The van der Waals surface area contributed by atoms with Crippen LogP contribution in [-0.4, -0.2) is 39.8 Å². The molecule has 3 aromatic rings. The van der Waals surface area contributed by atoms with Crippen LogP contribution in [0.25, 0.3) is 5.69 Å². The number of carbonyl (C=O) groups excluding carboxylic acids is 1. The summed E-state index contributed by atoms with van der Waals surface area (Å²) in [5.41, 5.74) is 1.14. The number of carbonyl (C=O) groups is 1. The molecule has 0 saturated heterocycles. The van der Waals surface area contributed by atoms with E-state index in [-0.39, 0.29) is 11.8 Å². The van der Waals surface area contributed by atoms with Crippen molar-refractivity contribution in [2.45, 2.75) is 12.8 Å². The van der Waals surface area contributed by atoms with Crippen LogP contribution in [-0.2, 0) is 0 Å². The van der Waals surface area contributed by atoms with Crippen LogP contribution < -0.4 is 10.1 Å². The van der Waals surface area contributed by atoms with E-state index >= 15 is 0 Å². The highest BCUT2D eigenvalue weighted by Gasteiger charge is 2.14. The van der Waals surface area contributed by atoms with E-state index in [0.29, 0.717) is 23.5 Å². The van der Waals surface area contributed by atoms with Crippen LogP contribution in [0.2, 0.25) is 0 Å². The lowest BCUT2D eigenvalue weighted by Gasteiger charge is -2.13. The van der Waals surface area contributed by atoms with Crippen LogP contribution in [0.5, 0.6) is 5.75 Å². The fourth-order valence-corrected chi connectivity index (χ4v) is 3.09. The van der Waals surface area contributed by atoms with Crippen molar-refractivity contribution in [3.63, 3.8) is 0 Å². The Labute approximate surface area is 143 Å². The smallest absolute Gasteiger partial charge is 0.251 e. The zero-order valence-corrected chi connectivity index (χ0v) is 14.2. The van der Waals surface area contributed by atoms with Crippen molar-refractivity contribution in [1.82, 2.24) is 25.5 Å². The molecule has 1 amide bonds. The quantitative estimate of drug-likeness (QED) is 0.742. The molecule has 1 aromatic carbocycles. The van der Waals surface area contributed by atoms with Gasteiger partial charge in [-0.3, -0.25) is 4.79 Å². The first-order chi connectivity index (χ1) is 11.7. The Kier molecular flexibility index (Phi) is 4.85. The molecule has 0 radical (unpaired) electrons. The number of aromatic nitrogens is 4. The van der Waals surface area contributed by atoms with Gasteiger partial charge in [0.05, 0.1) is 7.11 Å². The van der Waals surface area contributed by atoms with Crippen LogP contribution in [0.4, 0.5) is 0 Å². The molecule has 124 valence electrons. The van der Waals surface area contributed by atoms with Crippen molar-refractivity contribution in [3.8, 4) is 11.4 Å². The van der Waals surface area contributed by atoms with Crippen LogP contribution in [0.1, 0.15) is 28.1 Å². The fourth-order valence-electron chi connectivity index (χ4n) is 2.30. The summed E-state index contributed by atoms with van der Waals surface area (Å²) < 4.78 is 6.77. The van der Waals surface area contributed by atoms with Gasteiger partial charge in [0.25, 0.3) is 5.91 Å². The van der Waals surface area contributed by atoms with E-state index in [1.54, 1.807) is 36.6 Å². The maximum Gasteiger partial charge on any atom is 0.251 e. The normalized spacial score (nSPS) is 11.9. The first-order valence-electron chi connectivity index (χ1n) is 7.42. The number of hydrogen-bond acceptors (Lipinski definition) is 6. The zero-order valence-electron chi connectivity index (χ0n) is 13.3. The van der Waals surface area contributed by atoms with E-state index in [9.17, 15) is 4.79 Å². The molecule has 1 atom stereocenters. The summed E-state index contributed by atoms with van der Waals surface area (Å²) in [6, 6.07) is 9.25. The topological polar surface area (TPSA) is 81.9 Å². The number of nitrogens with one attached hydrogen (secondary N) is 1.